The SMILES string of the molecule is Cc1ccc(C(N)Cc2c(F)cccc2F)cc1Cl. The molecule has 4 heteroatoms. The van der Waals surface area contributed by atoms with E-state index in [0.717, 1.165) is 11.1 Å². The molecule has 0 bridgehead atoms. The lowest BCUT2D eigenvalue weighted by atomic mass is 9.98. The van der Waals surface area contributed by atoms with E-state index in [-0.39, 0.29) is 12.0 Å². The molecule has 0 saturated carbocycles. The van der Waals surface area contributed by atoms with Crippen LogP contribution < -0.4 is 5.73 Å². The lowest BCUT2D eigenvalue weighted by Gasteiger charge is -2.14. The molecule has 0 aliphatic heterocycles. The maximum Gasteiger partial charge on any atom is 0.129 e. The van der Waals surface area contributed by atoms with Crippen molar-refractivity contribution < 1.29 is 8.78 Å². The van der Waals surface area contributed by atoms with E-state index in [1.807, 2.05) is 19.1 Å². The molecule has 1 unspecified atom stereocenters. The van der Waals surface area contributed by atoms with Gasteiger partial charge in [-0.15, -0.1) is 0 Å². The Bertz CT molecular complexity index is 578. The highest BCUT2D eigenvalue weighted by Crippen LogP contribution is 2.24. The summed E-state index contributed by atoms with van der Waals surface area (Å²) in [5.41, 5.74) is 7.70. The first-order chi connectivity index (χ1) is 8.99. The topological polar surface area (TPSA) is 26.0 Å². The van der Waals surface area contributed by atoms with Crippen molar-refractivity contribution in [3.8, 4) is 0 Å². The van der Waals surface area contributed by atoms with Gasteiger partial charge >= 0.3 is 0 Å². The summed E-state index contributed by atoms with van der Waals surface area (Å²) in [5.74, 6) is -1.15. The van der Waals surface area contributed by atoms with Crippen LogP contribution in [0.5, 0.6) is 0 Å². The first-order valence-corrected chi connectivity index (χ1v) is 6.31. The minimum Gasteiger partial charge on any atom is -0.324 e. The molecular weight excluding hydrogens is 268 g/mol. The van der Waals surface area contributed by atoms with Crippen molar-refractivity contribution in [2.24, 2.45) is 5.73 Å². The van der Waals surface area contributed by atoms with Crippen molar-refractivity contribution >= 4 is 11.6 Å². The van der Waals surface area contributed by atoms with Crippen LogP contribution in [0.3, 0.4) is 0 Å². The molecule has 0 saturated heterocycles. The highest BCUT2D eigenvalue weighted by atomic mass is 35.5. The van der Waals surface area contributed by atoms with Crippen LogP contribution in [-0.2, 0) is 6.42 Å². The zero-order chi connectivity index (χ0) is 14.0. The van der Waals surface area contributed by atoms with Gasteiger partial charge in [0.2, 0.25) is 0 Å². The summed E-state index contributed by atoms with van der Waals surface area (Å²) in [5, 5.41) is 0.599. The quantitative estimate of drug-likeness (QED) is 0.898. The summed E-state index contributed by atoms with van der Waals surface area (Å²) >= 11 is 6.02. The Kier molecular flexibility index (Phi) is 4.17. The molecule has 0 heterocycles. The second-order valence-corrected chi connectivity index (χ2v) is 4.93. The van der Waals surface area contributed by atoms with Crippen molar-refractivity contribution in [2.75, 3.05) is 0 Å². The summed E-state index contributed by atoms with van der Waals surface area (Å²) < 4.78 is 27.1. The largest absolute Gasteiger partial charge is 0.324 e. The lowest BCUT2D eigenvalue weighted by Crippen LogP contribution is -2.15. The Balaban J connectivity index is 2.25. The van der Waals surface area contributed by atoms with Gasteiger partial charge in [0.1, 0.15) is 11.6 Å². The normalized spacial score (nSPS) is 12.5. The number of hydrogen-bond acceptors (Lipinski definition) is 1. The molecule has 0 aromatic heterocycles. The zero-order valence-electron chi connectivity index (χ0n) is 10.5. The zero-order valence-corrected chi connectivity index (χ0v) is 11.2. The number of hydrogen-bond donors (Lipinski definition) is 1. The van der Waals surface area contributed by atoms with Crippen LogP contribution in [0, 0.1) is 18.6 Å². The Morgan fingerprint density at radius 2 is 1.79 bits per heavy atom. The summed E-state index contributed by atoms with van der Waals surface area (Å²) in [6.45, 7) is 1.88. The molecule has 1 nitrogen and oxygen atoms in total. The summed E-state index contributed by atoms with van der Waals surface area (Å²) in [7, 11) is 0. The van der Waals surface area contributed by atoms with Gasteiger partial charge in [-0.25, -0.2) is 8.78 Å². The fourth-order valence-corrected chi connectivity index (χ4v) is 2.09. The molecule has 0 fully saturated rings. The highest BCUT2D eigenvalue weighted by molar-refractivity contribution is 6.31. The Morgan fingerprint density at radius 1 is 1.16 bits per heavy atom. The van der Waals surface area contributed by atoms with Gasteiger partial charge in [-0.1, -0.05) is 29.8 Å². The van der Waals surface area contributed by atoms with E-state index in [1.165, 1.54) is 18.2 Å². The molecule has 0 amide bonds. The summed E-state index contributed by atoms with van der Waals surface area (Å²) in [6.07, 6.45) is 0.0951. The van der Waals surface area contributed by atoms with Gasteiger partial charge in [-0.3, -0.25) is 0 Å². The third-order valence-corrected chi connectivity index (χ3v) is 3.52. The molecule has 0 spiro atoms. The summed E-state index contributed by atoms with van der Waals surface area (Å²) in [4.78, 5) is 0. The van der Waals surface area contributed by atoms with Crippen LogP contribution in [0.4, 0.5) is 8.78 Å². The van der Waals surface area contributed by atoms with Crippen LogP contribution in [0.2, 0.25) is 5.02 Å². The Hall–Kier alpha value is -1.45. The van der Waals surface area contributed by atoms with Crippen LogP contribution in [0.15, 0.2) is 36.4 Å². The van der Waals surface area contributed by atoms with Crippen molar-refractivity contribution in [3.63, 3.8) is 0 Å². The van der Waals surface area contributed by atoms with E-state index in [2.05, 4.69) is 0 Å². The Morgan fingerprint density at radius 3 is 2.37 bits per heavy atom. The summed E-state index contributed by atoms with van der Waals surface area (Å²) in [6, 6.07) is 8.70. The highest BCUT2D eigenvalue weighted by Gasteiger charge is 2.14. The molecular formula is C15H14ClF2N. The van der Waals surface area contributed by atoms with Crippen molar-refractivity contribution in [3.05, 3.63) is 69.7 Å². The molecule has 2 N–H and O–H groups in total. The van der Waals surface area contributed by atoms with Crippen LogP contribution in [-0.4, -0.2) is 0 Å². The molecule has 2 rings (SSSR count). The molecule has 2 aromatic carbocycles. The maximum atomic E-state index is 13.5. The third kappa shape index (κ3) is 3.11. The molecule has 0 aliphatic carbocycles. The van der Waals surface area contributed by atoms with Gasteiger partial charge in [-0.05, 0) is 42.7 Å². The standard InChI is InChI=1S/C15H14ClF2N/c1-9-5-6-10(7-12(9)16)15(19)8-11-13(17)3-2-4-14(11)18/h2-7,15H,8,19H2,1H3. The van der Waals surface area contributed by atoms with Gasteiger partial charge in [0.15, 0.2) is 0 Å². The van der Waals surface area contributed by atoms with Crippen molar-refractivity contribution in [1.29, 1.82) is 0 Å². The number of halogens is 3. The predicted octanol–water partition coefficient (Wildman–Crippen LogP) is 4.17. The van der Waals surface area contributed by atoms with Gasteiger partial charge < -0.3 is 5.73 Å². The molecule has 0 radical (unpaired) electrons. The van der Waals surface area contributed by atoms with E-state index in [9.17, 15) is 8.78 Å². The molecule has 0 aliphatic rings. The van der Waals surface area contributed by atoms with E-state index >= 15 is 0 Å². The lowest BCUT2D eigenvalue weighted by molar-refractivity contribution is 0.540. The number of aryl methyl sites for hydroxylation is 1. The number of rotatable bonds is 3. The third-order valence-electron chi connectivity index (χ3n) is 3.11. The van der Waals surface area contributed by atoms with E-state index < -0.39 is 17.7 Å². The van der Waals surface area contributed by atoms with Gasteiger partial charge in [-0.2, -0.15) is 0 Å². The average molecular weight is 282 g/mol. The van der Waals surface area contributed by atoms with Gasteiger partial charge in [0.25, 0.3) is 0 Å². The van der Waals surface area contributed by atoms with Crippen molar-refractivity contribution in [2.45, 2.75) is 19.4 Å². The Labute approximate surface area is 116 Å². The number of benzene rings is 2. The van der Waals surface area contributed by atoms with Crippen LogP contribution >= 0.6 is 11.6 Å². The van der Waals surface area contributed by atoms with Crippen LogP contribution in [0.25, 0.3) is 0 Å². The second kappa shape index (κ2) is 5.68. The van der Waals surface area contributed by atoms with E-state index in [0.29, 0.717) is 5.02 Å². The van der Waals surface area contributed by atoms with Crippen LogP contribution in [0.1, 0.15) is 22.7 Å². The van der Waals surface area contributed by atoms with E-state index in [4.69, 9.17) is 17.3 Å². The smallest absolute Gasteiger partial charge is 0.129 e. The molecule has 100 valence electrons. The minimum absolute atomic E-state index is 0.00620. The fraction of sp³-hybridized carbons (Fsp3) is 0.200. The number of nitrogens with two attached hydrogens (primary N) is 1. The monoisotopic (exact) mass is 281 g/mol. The van der Waals surface area contributed by atoms with E-state index in [1.54, 1.807) is 6.07 Å². The average Bonchev–Trinajstić information content (AvgIpc) is 2.37. The minimum atomic E-state index is -0.575. The maximum absolute atomic E-state index is 13.5. The van der Waals surface area contributed by atoms with Crippen molar-refractivity contribution in [1.82, 2.24) is 0 Å². The predicted molar refractivity (Wildman–Crippen MR) is 73.2 cm³/mol. The first-order valence-electron chi connectivity index (χ1n) is 5.93. The van der Waals surface area contributed by atoms with Gasteiger partial charge in [0, 0.05) is 16.6 Å². The molecule has 1 atom stereocenters. The first kappa shape index (κ1) is 14.0. The molecule has 2 aromatic rings. The van der Waals surface area contributed by atoms with Gasteiger partial charge in [0.05, 0.1) is 0 Å². The molecule has 19 heavy (non-hydrogen) atoms. The second-order valence-electron chi connectivity index (χ2n) is 4.52. The fourth-order valence-electron chi connectivity index (χ4n) is 1.90.